The van der Waals surface area contributed by atoms with E-state index in [1.807, 2.05) is 0 Å². The molecule has 1 aliphatic carbocycles. The van der Waals surface area contributed by atoms with Crippen LogP contribution in [0.25, 0.3) is 4.96 Å². The molecule has 0 radical (unpaired) electrons. The first-order valence-electron chi connectivity index (χ1n) is 6.61. The molecule has 0 spiro atoms. The van der Waals surface area contributed by atoms with Gasteiger partial charge in [0.25, 0.3) is 5.91 Å². The van der Waals surface area contributed by atoms with Crippen molar-refractivity contribution < 1.29 is 4.79 Å². The molecule has 0 atom stereocenters. The summed E-state index contributed by atoms with van der Waals surface area (Å²) in [5.74, 6) is 0.892. The lowest BCUT2D eigenvalue weighted by molar-refractivity contribution is 0.102. The summed E-state index contributed by atoms with van der Waals surface area (Å²) in [7, 11) is 0. The standard InChI is InChI=1S/C13H9Cl2N5OS/c14-7-2-1-3-8(9(7)15)16-11(21)12-19-20-10(6-4-5-6)17-18-13(20)22-12/h1-3,6H,4-5H2,(H,16,21). The summed E-state index contributed by atoms with van der Waals surface area (Å²) >= 11 is 13.2. The zero-order valence-corrected chi connectivity index (χ0v) is 13.4. The molecule has 1 aromatic carbocycles. The first-order valence-corrected chi connectivity index (χ1v) is 8.18. The van der Waals surface area contributed by atoms with E-state index in [1.54, 1.807) is 22.7 Å². The number of fused-ring (bicyclic) bond motifs is 1. The second-order valence-corrected chi connectivity index (χ2v) is 6.73. The molecule has 0 unspecified atom stereocenters. The second kappa shape index (κ2) is 5.19. The zero-order chi connectivity index (χ0) is 15.3. The molecule has 4 rings (SSSR count). The number of nitrogens with one attached hydrogen (secondary N) is 1. The summed E-state index contributed by atoms with van der Waals surface area (Å²) in [6.07, 6.45) is 2.19. The van der Waals surface area contributed by atoms with E-state index >= 15 is 0 Å². The van der Waals surface area contributed by atoms with Crippen LogP contribution in [0, 0.1) is 0 Å². The first-order chi connectivity index (χ1) is 10.6. The van der Waals surface area contributed by atoms with Gasteiger partial charge in [-0.2, -0.15) is 4.52 Å². The average Bonchev–Trinajstić information content (AvgIpc) is 3.11. The number of amides is 1. The summed E-state index contributed by atoms with van der Waals surface area (Å²) in [5, 5.41) is 16.2. The van der Waals surface area contributed by atoms with Crippen LogP contribution in [-0.2, 0) is 0 Å². The SMILES string of the molecule is O=C(Nc1cccc(Cl)c1Cl)c1nn2c(C3CC3)nnc2s1. The normalized spacial score (nSPS) is 14.5. The third-order valence-corrected chi connectivity index (χ3v) is 5.07. The van der Waals surface area contributed by atoms with Crippen molar-refractivity contribution in [1.82, 2.24) is 19.8 Å². The number of rotatable bonds is 3. The van der Waals surface area contributed by atoms with E-state index in [4.69, 9.17) is 23.2 Å². The molecule has 1 aliphatic rings. The maximum absolute atomic E-state index is 12.3. The Kier molecular flexibility index (Phi) is 3.28. The van der Waals surface area contributed by atoms with Crippen LogP contribution in [0.15, 0.2) is 18.2 Å². The molecule has 0 aliphatic heterocycles. The molecule has 3 aromatic rings. The highest BCUT2D eigenvalue weighted by Crippen LogP contribution is 2.39. The fraction of sp³-hybridized carbons (Fsp3) is 0.231. The number of hydrogen-bond acceptors (Lipinski definition) is 5. The molecule has 0 saturated heterocycles. The van der Waals surface area contributed by atoms with Gasteiger partial charge in [0.05, 0.1) is 15.7 Å². The third kappa shape index (κ3) is 2.35. The van der Waals surface area contributed by atoms with Gasteiger partial charge < -0.3 is 5.32 Å². The zero-order valence-electron chi connectivity index (χ0n) is 11.1. The van der Waals surface area contributed by atoms with Crippen LogP contribution in [0.3, 0.4) is 0 Å². The minimum Gasteiger partial charge on any atom is -0.318 e. The number of benzene rings is 1. The Bertz CT molecular complexity index is 886. The first kappa shape index (κ1) is 13.9. The van der Waals surface area contributed by atoms with Crippen molar-refractivity contribution in [1.29, 1.82) is 0 Å². The lowest BCUT2D eigenvalue weighted by atomic mass is 10.3. The number of carbonyl (C=O) groups is 1. The maximum Gasteiger partial charge on any atom is 0.286 e. The van der Waals surface area contributed by atoms with E-state index in [0.717, 1.165) is 18.7 Å². The molecule has 22 heavy (non-hydrogen) atoms. The number of hydrogen-bond donors (Lipinski definition) is 1. The fourth-order valence-electron chi connectivity index (χ4n) is 2.10. The lowest BCUT2D eigenvalue weighted by Gasteiger charge is -2.05. The predicted octanol–water partition coefficient (Wildman–Crippen LogP) is 3.62. The van der Waals surface area contributed by atoms with Crippen molar-refractivity contribution >= 4 is 51.1 Å². The van der Waals surface area contributed by atoms with E-state index in [9.17, 15) is 4.79 Å². The van der Waals surface area contributed by atoms with E-state index < -0.39 is 0 Å². The highest BCUT2D eigenvalue weighted by molar-refractivity contribution is 7.18. The van der Waals surface area contributed by atoms with Crippen molar-refractivity contribution in [3.8, 4) is 0 Å². The van der Waals surface area contributed by atoms with E-state index in [1.165, 1.54) is 11.3 Å². The molecule has 6 nitrogen and oxygen atoms in total. The van der Waals surface area contributed by atoms with E-state index in [-0.39, 0.29) is 5.91 Å². The largest absolute Gasteiger partial charge is 0.318 e. The molecule has 2 heterocycles. The Hall–Kier alpha value is -1.70. The molecule has 1 saturated carbocycles. The van der Waals surface area contributed by atoms with Gasteiger partial charge in [0.1, 0.15) is 0 Å². The summed E-state index contributed by atoms with van der Waals surface area (Å²) in [6.45, 7) is 0. The van der Waals surface area contributed by atoms with Crippen LogP contribution in [0.1, 0.15) is 34.4 Å². The average molecular weight is 354 g/mol. The van der Waals surface area contributed by atoms with Crippen LogP contribution in [0.4, 0.5) is 5.69 Å². The highest BCUT2D eigenvalue weighted by atomic mass is 35.5. The summed E-state index contributed by atoms with van der Waals surface area (Å²) in [4.78, 5) is 12.9. The van der Waals surface area contributed by atoms with Crippen molar-refractivity contribution in [2.24, 2.45) is 0 Å². The van der Waals surface area contributed by atoms with Crippen LogP contribution >= 0.6 is 34.5 Å². The van der Waals surface area contributed by atoms with Gasteiger partial charge in [-0.3, -0.25) is 4.79 Å². The molecule has 9 heteroatoms. The maximum atomic E-state index is 12.3. The van der Waals surface area contributed by atoms with E-state index in [0.29, 0.717) is 31.6 Å². The monoisotopic (exact) mass is 353 g/mol. The molecule has 1 fully saturated rings. The van der Waals surface area contributed by atoms with Gasteiger partial charge in [-0.25, -0.2) is 0 Å². The Balaban J connectivity index is 1.63. The summed E-state index contributed by atoms with van der Waals surface area (Å²) < 4.78 is 1.65. The molecular formula is C13H9Cl2N5OS. The molecule has 1 N–H and O–H groups in total. The van der Waals surface area contributed by atoms with Crippen molar-refractivity contribution in [3.05, 3.63) is 39.1 Å². The van der Waals surface area contributed by atoms with Gasteiger partial charge in [-0.05, 0) is 25.0 Å². The number of nitrogens with zero attached hydrogens (tertiary/aromatic N) is 4. The van der Waals surface area contributed by atoms with Gasteiger partial charge in [0, 0.05) is 5.92 Å². The summed E-state index contributed by atoms with van der Waals surface area (Å²) in [5.41, 5.74) is 0.451. The lowest BCUT2D eigenvalue weighted by Crippen LogP contribution is -2.12. The number of carbonyl (C=O) groups excluding carboxylic acids is 1. The van der Waals surface area contributed by atoms with Crippen LogP contribution < -0.4 is 5.32 Å². The molecule has 112 valence electrons. The Morgan fingerprint density at radius 1 is 1.32 bits per heavy atom. The minimum absolute atomic E-state index is 0.305. The fourth-order valence-corrected chi connectivity index (χ4v) is 3.19. The van der Waals surface area contributed by atoms with Gasteiger partial charge >= 0.3 is 0 Å². The van der Waals surface area contributed by atoms with E-state index in [2.05, 4.69) is 20.6 Å². The van der Waals surface area contributed by atoms with Gasteiger partial charge in [0.15, 0.2) is 5.82 Å². The van der Waals surface area contributed by atoms with Crippen LogP contribution in [0.2, 0.25) is 10.0 Å². The van der Waals surface area contributed by atoms with Gasteiger partial charge in [0.2, 0.25) is 9.97 Å². The Morgan fingerprint density at radius 2 is 2.14 bits per heavy atom. The number of halogens is 2. The number of anilines is 1. The van der Waals surface area contributed by atoms with Crippen LogP contribution in [-0.4, -0.2) is 25.7 Å². The molecule has 0 bridgehead atoms. The predicted molar refractivity (Wildman–Crippen MR) is 85.0 cm³/mol. The Labute approximate surface area is 139 Å². The highest BCUT2D eigenvalue weighted by Gasteiger charge is 2.30. The van der Waals surface area contributed by atoms with Crippen LogP contribution in [0.5, 0.6) is 0 Å². The smallest absolute Gasteiger partial charge is 0.286 e. The van der Waals surface area contributed by atoms with Crippen molar-refractivity contribution in [2.75, 3.05) is 5.32 Å². The number of aromatic nitrogens is 4. The molecule has 1 amide bonds. The topological polar surface area (TPSA) is 72.2 Å². The second-order valence-electron chi connectivity index (χ2n) is 4.99. The minimum atomic E-state index is -0.346. The van der Waals surface area contributed by atoms with Crippen molar-refractivity contribution in [2.45, 2.75) is 18.8 Å². The third-order valence-electron chi connectivity index (χ3n) is 3.35. The molecule has 2 aromatic heterocycles. The summed E-state index contributed by atoms with van der Waals surface area (Å²) in [6, 6.07) is 5.06. The quantitative estimate of drug-likeness (QED) is 0.780. The molecular weight excluding hydrogens is 345 g/mol. The Morgan fingerprint density at radius 3 is 2.91 bits per heavy atom. The van der Waals surface area contributed by atoms with Gasteiger partial charge in [-0.15, -0.1) is 15.3 Å². The van der Waals surface area contributed by atoms with Gasteiger partial charge in [-0.1, -0.05) is 40.6 Å². The van der Waals surface area contributed by atoms with Crippen molar-refractivity contribution in [3.63, 3.8) is 0 Å².